The summed E-state index contributed by atoms with van der Waals surface area (Å²) in [4.78, 5) is 4.32. The second kappa shape index (κ2) is 6.31. The van der Waals surface area contributed by atoms with Gasteiger partial charge in [0.1, 0.15) is 0 Å². The monoisotopic (exact) mass is 552 g/mol. The second-order valence-electron chi connectivity index (χ2n) is 7.16. The molecule has 1 aliphatic heterocycles. The van der Waals surface area contributed by atoms with Gasteiger partial charge in [0.05, 0.1) is 0 Å². The molecule has 2 atom stereocenters. The first kappa shape index (κ1) is 18.6. The summed E-state index contributed by atoms with van der Waals surface area (Å²) >= 11 is -1.03. The summed E-state index contributed by atoms with van der Waals surface area (Å²) in [7, 11) is 20.0. The molecule has 6 heteroatoms. The third-order valence-electron chi connectivity index (χ3n) is 5.60. The average molecular weight is 555 g/mol. The predicted octanol–water partition coefficient (Wildman–Crippen LogP) is 6.76. The molecular weight excluding hydrogens is 540 g/mol. The standard InChI is InChI=1S/C12H7BrN.C9H7.2ClH.H2S.Zr/c13-10-1-2-11-9(6-10)5-8-3-4-14-7-12(8)11;1-2-5-9-7-3-6-8(9)4-1;;;;/h1-5,7,12H;1-7H;2*1H;1H2;/q;;;;;+3/p-3. The van der Waals surface area contributed by atoms with Crippen LogP contribution in [0.15, 0.2) is 69.8 Å². The Morgan fingerprint density at radius 3 is 2.70 bits per heavy atom. The van der Waals surface area contributed by atoms with E-state index in [9.17, 15) is 0 Å². The molecule has 0 aromatic heterocycles. The molecular formula is C21H15BrCl2NSZr. The Morgan fingerprint density at radius 1 is 1.04 bits per heavy atom. The van der Waals surface area contributed by atoms with Crippen molar-refractivity contribution >= 4 is 64.0 Å². The topological polar surface area (TPSA) is 12.4 Å². The van der Waals surface area contributed by atoms with Crippen LogP contribution in [-0.4, -0.2) is 6.21 Å². The molecule has 2 aromatic rings. The van der Waals surface area contributed by atoms with Gasteiger partial charge in [-0.25, -0.2) is 0 Å². The predicted molar refractivity (Wildman–Crippen MR) is 121 cm³/mol. The molecule has 1 nitrogen and oxygen atoms in total. The van der Waals surface area contributed by atoms with Crippen LogP contribution in [-0.2, 0) is 14.9 Å². The molecule has 27 heavy (non-hydrogen) atoms. The SMILES string of the molecule is [SH][Zr]([Cl])([Cl])([c]1c(Br)ccc2c1C=C1C=CN=CC12)[CH]1C=Cc2ccccc21. The van der Waals surface area contributed by atoms with E-state index in [1.165, 1.54) is 16.7 Å². The van der Waals surface area contributed by atoms with Gasteiger partial charge in [0.2, 0.25) is 0 Å². The molecule has 2 aromatic carbocycles. The molecule has 3 aliphatic rings. The number of thiol groups is 1. The number of hydrogen-bond acceptors (Lipinski definition) is 2. The van der Waals surface area contributed by atoms with E-state index in [1.54, 1.807) is 0 Å². The summed E-state index contributed by atoms with van der Waals surface area (Å²) < 4.78 is 1.83. The molecule has 2 unspecified atom stereocenters. The van der Waals surface area contributed by atoms with Gasteiger partial charge in [-0.05, 0) is 0 Å². The zero-order valence-corrected chi connectivity index (χ0v) is 20.6. The summed E-state index contributed by atoms with van der Waals surface area (Å²) in [6.45, 7) is 0. The molecule has 0 spiro atoms. The maximum absolute atomic E-state index is 7.41. The number of benzene rings is 2. The molecule has 0 bridgehead atoms. The van der Waals surface area contributed by atoms with E-state index in [4.69, 9.17) is 26.4 Å². The van der Waals surface area contributed by atoms with Crippen LogP contribution in [0.1, 0.15) is 31.8 Å². The third-order valence-corrected chi connectivity index (χ3v) is 22.5. The molecule has 0 saturated heterocycles. The number of halogens is 3. The summed E-state index contributed by atoms with van der Waals surface area (Å²) in [5.41, 5.74) is 5.85. The fourth-order valence-corrected chi connectivity index (χ4v) is 23.5. The molecule has 0 saturated carbocycles. The van der Waals surface area contributed by atoms with Gasteiger partial charge >= 0.3 is 180 Å². The van der Waals surface area contributed by atoms with Gasteiger partial charge in [0.15, 0.2) is 0 Å². The van der Waals surface area contributed by atoms with E-state index < -0.39 is 14.9 Å². The van der Waals surface area contributed by atoms with Crippen molar-refractivity contribution in [2.75, 3.05) is 0 Å². The van der Waals surface area contributed by atoms with Gasteiger partial charge in [-0.15, -0.1) is 0 Å². The Hall–Kier alpha value is -0.377. The molecule has 0 amide bonds. The van der Waals surface area contributed by atoms with Crippen LogP contribution in [0.2, 0.25) is 0 Å². The van der Waals surface area contributed by atoms with Gasteiger partial charge in [-0.1, -0.05) is 0 Å². The fourth-order valence-electron chi connectivity index (χ4n) is 4.34. The zero-order valence-electron chi connectivity index (χ0n) is 14.1. The molecule has 0 N–H and O–H groups in total. The summed E-state index contributed by atoms with van der Waals surface area (Å²) in [6, 6.07) is 12.5. The summed E-state index contributed by atoms with van der Waals surface area (Å²) in [5.74, 6) is 0.163. The van der Waals surface area contributed by atoms with E-state index in [0.29, 0.717) is 0 Å². The Bertz CT molecular complexity index is 1110. The number of hydrogen-bond donors (Lipinski definition) is 1. The summed E-state index contributed by atoms with van der Waals surface area (Å²) in [5, 5.41) is 0. The van der Waals surface area contributed by atoms with Crippen LogP contribution in [0, 0.1) is 0 Å². The summed E-state index contributed by atoms with van der Waals surface area (Å²) in [6.07, 6.45) is 12.3. The van der Waals surface area contributed by atoms with Crippen molar-refractivity contribution in [1.29, 1.82) is 0 Å². The minimum atomic E-state index is -4.76. The van der Waals surface area contributed by atoms with Gasteiger partial charge < -0.3 is 0 Å². The molecule has 2 aliphatic carbocycles. The van der Waals surface area contributed by atoms with Gasteiger partial charge in [0, 0.05) is 0 Å². The van der Waals surface area contributed by atoms with Crippen LogP contribution < -0.4 is 3.27 Å². The van der Waals surface area contributed by atoms with Crippen molar-refractivity contribution in [2.45, 2.75) is 9.54 Å². The number of fused-ring (bicyclic) bond motifs is 4. The van der Waals surface area contributed by atoms with Crippen molar-refractivity contribution in [1.82, 2.24) is 0 Å². The van der Waals surface area contributed by atoms with Crippen LogP contribution in [0.3, 0.4) is 0 Å². The van der Waals surface area contributed by atoms with Crippen molar-refractivity contribution in [3.8, 4) is 0 Å². The Kier molecular flexibility index (Phi) is 4.36. The number of rotatable bonds is 2. The molecule has 5 rings (SSSR count). The van der Waals surface area contributed by atoms with E-state index in [-0.39, 0.29) is 9.54 Å². The van der Waals surface area contributed by atoms with Crippen molar-refractivity contribution in [3.05, 3.63) is 87.0 Å². The van der Waals surface area contributed by atoms with E-state index in [0.717, 1.165) is 18.9 Å². The first-order chi connectivity index (χ1) is 12.9. The quantitative estimate of drug-likeness (QED) is 0.393. The van der Waals surface area contributed by atoms with Crippen molar-refractivity contribution < 1.29 is 14.9 Å². The Balaban J connectivity index is 1.75. The average Bonchev–Trinajstić information content (AvgIpc) is 3.22. The number of allylic oxidation sites excluding steroid dienone is 3. The van der Waals surface area contributed by atoms with Crippen molar-refractivity contribution in [2.24, 2.45) is 4.99 Å². The second-order valence-corrected chi connectivity index (χ2v) is 34.9. The van der Waals surface area contributed by atoms with Gasteiger partial charge in [-0.2, -0.15) is 0 Å². The van der Waals surface area contributed by atoms with E-state index in [2.05, 4.69) is 69.5 Å². The molecule has 0 fully saturated rings. The third kappa shape index (κ3) is 2.79. The maximum atomic E-state index is 7.41. The Morgan fingerprint density at radius 2 is 1.85 bits per heavy atom. The van der Waals surface area contributed by atoms with Crippen LogP contribution in [0.25, 0.3) is 12.2 Å². The first-order valence-corrected chi connectivity index (χ1v) is 22.2. The van der Waals surface area contributed by atoms with E-state index >= 15 is 0 Å². The first-order valence-electron chi connectivity index (χ1n) is 8.69. The fraction of sp³-hybridized carbons (Fsp3) is 0.0952. The number of nitrogens with zero attached hydrogens (tertiary/aromatic N) is 1. The Labute approximate surface area is 178 Å². The normalized spacial score (nSPS) is 23.4. The molecule has 1 heterocycles. The van der Waals surface area contributed by atoms with E-state index in [1.807, 2.05) is 24.5 Å². The van der Waals surface area contributed by atoms with Gasteiger partial charge in [0.25, 0.3) is 0 Å². The zero-order chi connectivity index (χ0) is 18.8. The van der Waals surface area contributed by atoms with Crippen LogP contribution >= 0.6 is 42.3 Å². The molecule has 135 valence electrons. The van der Waals surface area contributed by atoms with Crippen LogP contribution in [0.4, 0.5) is 0 Å². The van der Waals surface area contributed by atoms with Crippen molar-refractivity contribution in [3.63, 3.8) is 0 Å². The molecule has 0 radical (unpaired) electrons. The number of aliphatic imine (C=N–C) groups is 1. The minimum absolute atomic E-state index is 0.0812. The van der Waals surface area contributed by atoms with Crippen LogP contribution in [0.5, 0.6) is 0 Å². The van der Waals surface area contributed by atoms with Gasteiger partial charge in [-0.3, -0.25) is 0 Å².